The van der Waals surface area contributed by atoms with Crippen molar-refractivity contribution in [2.45, 2.75) is 52.0 Å². The summed E-state index contributed by atoms with van der Waals surface area (Å²) in [6, 6.07) is 0.334. The lowest BCUT2D eigenvalue weighted by molar-refractivity contribution is -0.120. The molecule has 1 unspecified atom stereocenters. The molecule has 0 aromatic rings. The molecule has 3 heteroatoms. The van der Waals surface area contributed by atoms with E-state index >= 15 is 0 Å². The number of carbonyl (C=O) groups excluding carboxylic acids is 1. The molecule has 0 radical (unpaired) electrons. The van der Waals surface area contributed by atoms with Crippen LogP contribution >= 0.6 is 0 Å². The molecule has 78 valence electrons. The van der Waals surface area contributed by atoms with Crippen molar-refractivity contribution >= 4 is 5.91 Å². The maximum absolute atomic E-state index is 11.0. The summed E-state index contributed by atoms with van der Waals surface area (Å²) in [7, 11) is 0. The molecule has 0 aliphatic heterocycles. The fourth-order valence-electron chi connectivity index (χ4n) is 1.37. The molecular weight excluding hydrogens is 164 g/mol. The molecule has 0 aromatic carbocycles. The third-order valence-corrected chi connectivity index (χ3v) is 2.09. The first-order chi connectivity index (χ1) is 6.24. The van der Waals surface area contributed by atoms with Crippen LogP contribution in [0.25, 0.3) is 0 Å². The van der Waals surface area contributed by atoms with Crippen LogP contribution in [0.15, 0.2) is 0 Å². The lowest BCUT2D eigenvalue weighted by Crippen LogP contribution is -2.38. The Hall–Kier alpha value is -0.570. The topological polar surface area (TPSA) is 55.1 Å². The summed E-state index contributed by atoms with van der Waals surface area (Å²) in [5.41, 5.74) is 5.23. The highest BCUT2D eigenvalue weighted by Crippen LogP contribution is 2.06. The minimum Gasteiger partial charge on any atom is -0.352 e. The summed E-state index contributed by atoms with van der Waals surface area (Å²) in [6.45, 7) is 4.40. The molecule has 0 spiro atoms. The number of nitrogens with two attached hydrogens (primary N) is 1. The number of rotatable bonds is 7. The summed E-state index contributed by atoms with van der Waals surface area (Å²) in [5.74, 6) is -0.0328. The van der Waals surface area contributed by atoms with Gasteiger partial charge in [0, 0.05) is 6.04 Å². The SMILES string of the molecule is CCCCC(CCC)NC(=O)CN. The Labute approximate surface area is 81.1 Å². The molecule has 0 bridgehead atoms. The molecule has 0 saturated heterocycles. The van der Waals surface area contributed by atoms with E-state index in [1.807, 2.05) is 0 Å². The van der Waals surface area contributed by atoms with Gasteiger partial charge < -0.3 is 11.1 Å². The Bertz CT molecular complexity index is 137. The summed E-state index contributed by atoms with van der Waals surface area (Å²) < 4.78 is 0. The van der Waals surface area contributed by atoms with E-state index in [1.165, 1.54) is 12.8 Å². The first kappa shape index (κ1) is 12.4. The predicted molar refractivity (Wildman–Crippen MR) is 55.4 cm³/mol. The quantitative estimate of drug-likeness (QED) is 0.632. The number of hydrogen-bond donors (Lipinski definition) is 2. The Kier molecular flexibility index (Phi) is 7.69. The van der Waals surface area contributed by atoms with Gasteiger partial charge in [-0.3, -0.25) is 4.79 Å². The maximum atomic E-state index is 11.0. The van der Waals surface area contributed by atoms with Crippen LogP contribution in [0, 0.1) is 0 Å². The van der Waals surface area contributed by atoms with E-state index in [2.05, 4.69) is 19.2 Å². The molecule has 0 saturated carbocycles. The van der Waals surface area contributed by atoms with Crippen LogP contribution in [0.5, 0.6) is 0 Å². The third-order valence-electron chi connectivity index (χ3n) is 2.09. The third kappa shape index (κ3) is 6.58. The van der Waals surface area contributed by atoms with Crippen molar-refractivity contribution in [1.29, 1.82) is 0 Å². The van der Waals surface area contributed by atoms with Gasteiger partial charge in [-0.05, 0) is 12.8 Å². The lowest BCUT2D eigenvalue weighted by atomic mass is 10.1. The molecule has 0 aliphatic rings. The van der Waals surface area contributed by atoms with Gasteiger partial charge in [0.05, 0.1) is 6.54 Å². The van der Waals surface area contributed by atoms with Crippen molar-refractivity contribution in [3.8, 4) is 0 Å². The van der Waals surface area contributed by atoms with E-state index in [0.717, 1.165) is 19.3 Å². The van der Waals surface area contributed by atoms with E-state index in [4.69, 9.17) is 5.73 Å². The summed E-state index contributed by atoms with van der Waals surface area (Å²) >= 11 is 0. The van der Waals surface area contributed by atoms with Gasteiger partial charge in [-0.15, -0.1) is 0 Å². The van der Waals surface area contributed by atoms with Gasteiger partial charge in [0.2, 0.25) is 5.91 Å². The van der Waals surface area contributed by atoms with E-state index < -0.39 is 0 Å². The molecule has 0 aromatic heterocycles. The van der Waals surface area contributed by atoms with Crippen molar-refractivity contribution in [3.63, 3.8) is 0 Å². The highest BCUT2D eigenvalue weighted by atomic mass is 16.1. The standard InChI is InChI=1S/C10H22N2O/c1-3-5-7-9(6-4-2)12-10(13)8-11/h9H,3-8,11H2,1-2H3,(H,12,13). The molecule has 0 aliphatic carbocycles. The number of hydrogen-bond acceptors (Lipinski definition) is 2. The molecule has 3 nitrogen and oxygen atoms in total. The first-order valence-corrected chi connectivity index (χ1v) is 5.24. The summed E-state index contributed by atoms with van der Waals surface area (Å²) in [4.78, 5) is 11.0. The minimum atomic E-state index is -0.0328. The number of amides is 1. The number of nitrogens with one attached hydrogen (secondary N) is 1. The minimum absolute atomic E-state index is 0.0328. The van der Waals surface area contributed by atoms with Crippen LogP contribution in [0.1, 0.15) is 46.0 Å². The second-order valence-corrected chi connectivity index (χ2v) is 3.40. The molecule has 0 heterocycles. The summed E-state index contributed by atoms with van der Waals surface area (Å²) in [5, 5.41) is 2.94. The van der Waals surface area contributed by atoms with Crippen LogP contribution in [-0.2, 0) is 4.79 Å². The van der Waals surface area contributed by atoms with Crippen LogP contribution in [0.4, 0.5) is 0 Å². The molecule has 1 amide bonds. The predicted octanol–water partition coefficient (Wildman–Crippen LogP) is 1.42. The number of carbonyl (C=O) groups is 1. The molecule has 1 atom stereocenters. The largest absolute Gasteiger partial charge is 0.352 e. The second kappa shape index (κ2) is 8.05. The van der Waals surface area contributed by atoms with Crippen molar-refractivity contribution in [3.05, 3.63) is 0 Å². The van der Waals surface area contributed by atoms with Gasteiger partial charge in [-0.2, -0.15) is 0 Å². The van der Waals surface area contributed by atoms with Crippen LogP contribution in [0.3, 0.4) is 0 Å². The Balaban J connectivity index is 3.71. The van der Waals surface area contributed by atoms with Gasteiger partial charge in [-0.1, -0.05) is 33.1 Å². The van der Waals surface area contributed by atoms with E-state index in [9.17, 15) is 4.79 Å². The van der Waals surface area contributed by atoms with Gasteiger partial charge >= 0.3 is 0 Å². The molecular formula is C10H22N2O. The van der Waals surface area contributed by atoms with E-state index in [0.29, 0.717) is 6.04 Å². The zero-order chi connectivity index (χ0) is 10.1. The van der Waals surface area contributed by atoms with E-state index in [-0.39, 0.29) is 12.5 Å². The smallest absolute Gasteiger partial charge is 0.233 e. The zero-order valence-corrected chi connectivity index (χ0v) is 8.81. The maximum Gasteiger partial charge on any atom is 0.233 e. The highest BCUT2D eigenvalue weighted by Gasteiger charge is 2.08. The Morgan fingerprint density at radius 1 is 1.31 bits per heavy atom. The Morgan fingerprint density at radius 2 is 2.00 bits per heavy atom. The van der Waals surface area contributed by atoms with Gasteiger partial charge in [0.1, 0.15) is 0 Å². The fraction of sp³-hybridized carbons (Fsp3) is 0.900. The highest BCUT2D eigenvalue weighted by molar-refractivity contribution is 5.78. The van der Waals surface area contributed by atoms with Crippen LogP contribution in [0.2, 0.25) is 0 Å². The molecule has 13 heavy (non-hydrogen) atoms. The molecule has 0 rings (SSSR count). The summed E-state index contributed by atoms with van der Waals surface area (Å²) in [6.07, 6.45) is 5.61. The normalized spacial score (nSPS) is 12.5. The van der Waals surface area contributed by atoms with Crippen molar-refractivity contribution < 1.29 is 4.79 Å². The van der Waals surface area contributed by atoms with Crippen molar-refractivity contribution in [1.82, 2.24) is 5.32 Å². The Morgan fingerprint density at radius 3 is 2.46 bits per heavy atom. The first-order valence-electron chi connectivity index (χ1n) is 5.24. The van der Waals surface area contributed by atoms with Crippen LogP contribution in [-0.4, -0.2) is 18.5 Å². The van der Waals surface area contributed by atoms with Gasteiger partial charge in [-0.25, -0.2) is 0 Å². The van der Waals surface area contributed by atoms with Crippen LogP contribution < -0.4 is 11.1 Å². The average molecular weight is 186 g/mol. The second-order valence-electron chi connectivity index (χ2n) is 3.40. The lowest BCUT2D eigenvalue weighted by Gasteiger charge is -2.17. The molecule has 0 fully saturated rings. The van der Waals surface area contributed by atoms with Gasteiger partial charge in [0.25, 0.3) is 0 Å². The average Bonchev–Trinajstić information content (AvgIpc) is 2.14. The van der Waals surface area contributed by atoms with Gasteiger partial charge in [0.15, 0.2) is 0 Å². The fourth-order valence-corrected chi connectivity index (χ4v) is 1.37. The van der Waals surface area contributed by atoms with E-state index in [1.54, 1.807) is 0 Å². The van der Waals surface area contributed by atoms with Crippen molar-refractivity contribution in [2.75, 3.05) is 6.54 Å². The molecule has 3 N–H and O–H groups in total. The monoisotopic (exact) mass is 186 g/mol. The number of unbranched alkanes of at least 4 members (excludes halogenated alkanes) is 1. The zero-order valence-electron chi connectivity index (χ0n) is 8.81. The van der Waals surface area contributed by atoms with Crippen molar-refractivity contribution in [2.24, 2.45) is 5.73 Å².